The highest BCUT2D eigenvalue weighted by atomic mass is 16.5. The van der Waals surface area contributed by atoms with E-state index in [2.05, 4.69) is 15.5 Å². The Labute approximate surface area is 179 Å². The molecule has 0 saturated heterocycles. The van der Waals surface area contributed by atoms with Crippen LogP contribution >= 0.6 is 0 Å². The number of carbonyl (C=O) groups excluding carboxylic acids is 2. The van der Waals surface area contributed by atoms with E-state index in [4.69, 9.17) is 4.52 Å². The van der Waals surface area contributed by atoms with E-state index in [9.17, 15) is 9.59 Å². The van der Waals surface area contributed by atoms with E-state index in [1.165, 1.54) is 6.92 Å². The van der Waals surface area contributed by atoms with Gasteiger partial charge >= 0.3 is 0 Å². The minimum absolute atomic E-state index is 0.0232. The lowest BCUT2D eigenvalue weighted by Gasteiger charge is -2.15. The molecule has 0 aliphatic heterocycles. The lowest BCUT2D eigenvalue weighted by molar-refractivity contribution is -0.128. The molecule has 4 rings (SSSR count). The number of benzene rings is 2. The highest BCUT2D eigenvalue weighted by molar-refractivity contribution is 6.13. The Morgan fingerprint density at radius 2 is 1.84 bits per heavy atom. The topological polar surface area (TPSA) is 88.3 Å². The first-order chi connectivity index (χ1) is 14.9. The van der Waals surface area contributed by atoms with Crippen LogP contribution in [0.4, 0.5) is 5.69 Å². The van der Waals surface area contributed by atoms with Gasteiger partial charge in [0, 0.05) is 31.8 Å². The number of pyridine rings is 1. The van der Waals surface area contributed by atoms with Gasteiger partial charge in [-0.2, -0.15) is 0 Å². The first-order valence-corrected chi connectivity index (χ1v) is 9.87. The Bertz CT molecular complexity index is 1260. The number of aromatic nitrogens is 2. The molecule has 0 unspecified atom stereocenters. The second-order valence-electron chi connectivity index (χ2n) is 7.40. The van der Waals surface area contributed by atoms with E-state index >= 15 is 0 Å². The maximum atomic E-state index is 13.2. The normalized spacial score (nSPS) is 10.8. The number of hydrogen-bond acceptors (Lipinski definition) is 5. The van der Waals surface area contributed by atoms with E-state index in [1.807, 2.05) is 54.6 Å². The summed E-state index contributed by atoms with van der Waals surface area (Å²) in [5, 5.41) is 7.53. The second kappa shape index (κ2) is 8.39. The van der Waals surface area contributed by atoms with Crippen LogP contribution in [0.5, 0.6) is 0 Å². The molecule has 0 fully saturated rings. The fourth-order valence-electron chi connectivity index (χ4n) is 3.36. The first kappa shape index (κ1) is 20.3. The summed E-state index contributed by atoms with van der Waals surface area (Å²) in [4.78, 5) is 30.9. The molecule has 0 aliphatic rings. The molecule has 0 bridgehead atoms. The fraction of sp³-hybridized carbons (Fsp3) is 0.167. The summed E-state index contributed by atoms with van der Waals surface area (Å²) in [6.45, 7) is 3.76. The Hall–Kier alpha value is -4.00. The van der Waals surface area contributed by atoms with Crippen molar-refractivity contribution in [2.24, 2.45) is 0 Å². The molecular formula is C24H22N4O3. The van der Waals surface area contributed by atoms with Crippen LogP contribution in [0.3, 0.4) is 0 Å². The van der Waals surface area contributed by atoms with Crippen LogP contribution in [-0.4, -0.2) is 33.9 Å². The van der Waals surface area contributed by atoms with E-state index in [-0.39, 0.29) is 11.8 Å². The van der Waals surface area contributed by atoms with E-state index in [0.29, 0.717) is 40.3 Å². The summed E-state index contributed by atoms with van der Waals surface area (Å²) in [5.41, 5.74) is 4.42. The van der Waals surface area contributed by atoms with Crippen LogP contribution in [0.15, 0.2) is 65.2 Å². The molecule has 2 amide bonds. The van der Waals surface area contributed by atoms with Gasteiger partial charge in [0.25, 0.3) is 11.6 Å². The third-order valence-electron chi connectivity index (χ3n) is 5.07. The van der Waals surface area contributed by atoms with Gasteiger partial charge in [0.2, 0.25) is 5.91 Å². The summed E-state index contributed by atoms with van der Waals surface area (Å²) in [7, 11) is 1.74. The third-order valence-corrected chi connectivity index (χ3v) is 5.07. The predicted molar refractivity (Wildman–Crippen MR) is 119 cm³/mol. The summed E-state index contributed by atoms with van der Waals surface area (Å²) in [6.07, 6.45) is 0. The standard InChI is InChI=1S/C24H22N4O3/c1-15-22-20(13-21(26-24(22)31-27-15)18-9-5-4-6-10-18)23(30)25-19-11-7-8-17(12-19)14-28(3)16(2)29/h4-13H,14H2,1-3H3,(H,25,30). The van der Waals surface area contributed by atoms with E-state index in [0.717, 1.165) is 11.1 Å². The van der Waals surface area contributed by atoms with Crippen molar-refractivity contribution in [3.63, 3.8) is 0 Å². The van der Waals surface area contributed by atoms with E-state index < -0.39 is 0 Å². The van der Waals surface area contributed by atoms with Crippen LogP contribution in [0.1, 0.15) is 28.5 Å². The molecule has 7 nitrogen and oxygen atoms in total. The zero-order chi connectivity index (χ0) is 22.0. The molecule has 7 heteroatoms. The third kappa shape index (κ3) is 4.30. The van der Waals surface area contributed by atoms with Crippen LogP contribution in [-0.2, 0) is 11.3 Å². The molecule has 0 aliphatic carbocycles. The van der Waals surface area contributed by atoms with Gasteiger partial charge in [-0.25, -0.2) is 4.98 Å². The van der Waals surface area contributed by atoms with Crippen molar-refractivity contribution < 1.29 is 14.1 Å². The summed E-state index contributed by atoms with van der Waals surface area (Å²) in [6, 6.07) is 18.8. The average Bonchev–Trinajstić information content (AvgIpc) is 3.14. The lowest BCUT2D eigenvalue weighted by atomic mass is 10.0. The monoisotopic (exact) mass is 414 g/mol. The Morgan fingerprint density at radius 3 is 2.58 bits per heavy atom. The number of aryl methyl sites for hydroxylation is 1. The van der Waals surface area contributed by atoms with Crippen molar-refractivity contribution in [2.45, 2.75) is 20.4 Å². The number of anilines is 1. The Kier molecular flexibility index (Phi) is 5.49. The van der Waals surface area contributed by atoms with Crippen molar-refractivity contribution in [1.29, 1.82) is 0 Å². The highest BCUT2D eigenvalue weighted by Gasteiger charge is 2.19. The van der Waals surface area contributed by atoms with Gasteiger partial charge in [-0.15, -0.1) is 0 Å². The molecule has 0 spiro atoms. The van der Waals surface area contributed by atoms with Gasteiger partial charge in [-0.3, -0.25) is 9.59 Å². The fourth-order valence-corrected chi connectivity index (χ4v) is 3.36. The summed E-state index contributed by atoms with van der Waals surface area (Å²) in [5.74, 6) is -0.307. The SMILES string of the molecule is CC(=O)N(C)Cc1cccc(NC(=O)c2cc(-c3ccccc3)nc3onc(C)c23)c1. The smallest absolute Gasteiger partial charge is 0.259 e. The Morgan fingerprint density at radius 1 is 1.06 bits per heavy atom. The molecule has 2 heterocycles. The van der Waals surface area contributed by atoms with Crippen LogP contribution < -0.4 is 5.32 Å². The molecular weight excluding hydrogens is 392 g/mol. The number of rotatable bonds is 5. The highest BCUT2D eigenvalue weighted by Crippen LogP contribution is 2.27. The van der Waals surface area contributed by atoms with Crippen molar-refractivity contribution >= 4 is 28.6 Å². The molecule has 0 saturated carbocycles. The van der Waals surface area contributed by atoms with Gasteiger partial charge in [0.05, 0.1) is 22.3 Å². The van der Waals surface area contributed by atoms with Crippen LogP contribution in [0, 0.1) is 6.92 Å². The first-order valence-electron chi connectivity index (χ1n) is 9.87. The molecule has 0 radical (unpaired) electrons. The average molecular weight is 414 g/mol. The number of nitrogens with zero attached hydrogens (tertiary/aromatic N) is 3. The van der Waals surface area contributed by atoms with Gasteiger partial charge in [0.1, 0.15) is 0 Å². The quantitative estimate of drug-likeness (QED) is 0.522. The number of hydrogen-bond donors (Lipinski definition) is 1. The van der Waals surface area contributed by atoms with Crippen molar-refractivity contribution in [2.75, 3.05) is 12.4 Å². The molecule has 2 aromatic heterocycles. The second-order valence-corrected chi connectivity index (χ2v) is 7.40. The van der Waals surface area contributed by atoms with Crippen molar-refractivity contribution in [1.82, 2.24) is 15.0 Å². The minimum Gasteiger partial charge on any atom is -0.342 e. The van der Waals surface area contributed by atoms with Gasteiger partial charge in [0.15, 0.2) is 0 Å². The largest absolute Gasteiger partial charge is 0.342 e. The van der Waals surface area contributed by atoms with Crippen LogP contribution in [0.2, 0.25) is 0 Å². The zero-order valence-corrected chi connectivity index (χ0v) is 17.5. The maximum absolute atomic E-state index is 13.2. The van der Waals surface area contributed by atoms with Gasteiger partial charge in [-0.05, 0) is 30.7 Å². The molecule has 4 aromatic rings. The number of carbonyl (C=O) groups is 2. The lowest BCUT2D eigenvalue weighted by Crippen LogP contribution is -2.23. The molecule has 156 valence electrons. The number of nitrogens with one attached hydrogen (secondary N) is 1. The zero-order valence-electron chi connectivity index (χ0n) is 17.5. The van der Waals surface area contributed by atoms with E-state index in [1.54, 1.807) is 24.9 Å². The van der Waals surface area contributed by atoms with Crippen LogP contribution in [0.25, 0.3) is 22.4 Å². The predicted octanol–water partition coefficient (Wildman–Crippen LogP) is 4.43. The molecule has 1 N–H and O–H groups in total. The summed E-state index contributed by atoms with van der Waals surface area (Å²) < 4.78 is 5.36. The molecule has 2 aromatic carbocycles. The Balaban J connectivity index is 1.68. The number of amides is 2. The van der Waals surface area contributed by atoms with Crippen molar-refractivity contribution in [3.8, 4) is 11.3 Å². The minimum atomic E-state index is -0.284. The van der Waals surface area contributed by atoms with Gasteiger partial charge in [-0.1, -0.05) is 47.6 Å². The maximum Gasteiger partial charge on any atom is 0.259 e. The molecule has 31 heavy (non-hydrogen) atoms. The van der Waals surface area contributed by atoms with Gasteiger partial charge < -0.3 is 14.7 Å². The van der Waals surface area contributed by atoms with Crippen molar-refractivity contribution in [3.05, 3.63) is 77.5 Å². The summed E-state index contributed by atoms with van der Waals surface area (Å²) >= 11 is 0. The molecule has 0 atom stereocenters. The number of fused-ring (bicyclic) bond motifs is 1.